The Balaban J connectivity index is 2.59. The summed E-state index contributed by atoms with van der Waals surface area (Å²) in [5, 5.41) is 15.1. The van der Waals surface area contributed by atoms with E-state index in [1.54, 1.807) is 0 Å². The molecule has 4 heteroatoms. The third-order valence-corrected chi connectivity index (χ3v) is 3.37. The zero-order valence-electron chi connectivity index (χ0n) is 9.68. The van der Waals surface area contributed by atoms with E-state index < -0.39 is 0 Å². The molecule has 15 heavy (non-hydrogen) atoms. The van der Waals surface area contributed by atoms with Gasteiger partial charge in [-0.25, -0.2) is 0 Å². The van der Waals surface area contributed by atoms with E-state index in [1.807, 2.05) is 6.92 Å². The van der Waals surface area contributed by atoms with Crippen LogP contribution in [0.15, 0.2) is 0 Å². The van der Waals surface area contributed by atoms with Crippen LogP contribution < -0.4 is 10.6 Å². The predicted molar refractivity (Wildman–Crippen MR) is 59.5 cm³/mol. The van der Waals surface area contributed by atoms with Gasteiger partial charge < -0.3 is 15.7 Å². The van der Waals surface area contributed by atoms with Crippen molar-refractivity contribution in [3.05, 3.63) is 0 Å². The highest BCUT2D eigenvalue weighted by molar-refractivity contribution is 5.83. The number of nitrogens with one attached hydrogen (secondary N) is 2. The van der Waals surface area contributed by atoms with Crippen molar-refractivity contribution in [1.29, 1.82) is 0 Å². The molecule has 0 saturated carbocycles. The molecule has 1 atom stereocenters. The molecule has 1 saturated heterocycles. The number of hydrogen-bond acceptors (Lipinski definition) is 3. The lowest BCUT2D eigenvalue weighted by molar-refractivity contribution is -0.133. The maximum absolute atomic E-state index is 12.1. The summed E-state index contributed by atoms with van der Waals surface area (Å²) >= 11 is 0. The Morgan fingerprint density at radius 1 is 1.53 bits per heavy atom. The van der Waals surface area contributed by atoms with Gasteiger partial charge in [-0.1, -0.05) is 6.92 Å². The largest absolute Gasteiger partial charge is 0.394 e. The molecule has 3 N–H and O–H groups in total. The van der Waals surface area contributed by atoms with Crippen LogP contribution in [0, 0.1) is 5.41 Å². The maximum Gasteiger partial charge on any atom is 0.226 e. The van der Waals surface area contributed by atoms with Gasteiger partial charge in [-0.3, -0.25) is 4.79 Å². The van der Waals surface area contributed by atoms with Crippen LogP contribution in [-0.4, -0.2) is 36.8 Å². The Bertz CT molecular complexity index is 213. The van der Waals surface area contributed by atoms with Gasteiger partial charge in [-0.05, 0) is 39.3 Å². The number of aliphatic hydroxyl groups excluding tert-OH is 1. The van der Waals surface area contributed by atoms with Crippen LogP contribution in [-0.2, 0) is 4.79 Å². The molecule has 4 nitrogen and oxygen atoms in total. The van der Waals surface area contributed by atoms with Crippen LogP contribution in [0.25, 0.3) is 0 Å². The molecule has 1 aliphatic heterocycles. The average Bonchev–Trinajstić information content (AvgIpc) is 2.29. The minimum atomic E-state index is -0.214. The van der Waals surface area contributed by atoms with Gasteiger partial charge in [0.25, 0.3) is 0 Å². The summed E-state index contributed by atoms with van der Waals surface area (Å²) < 4.78 is 0. The Kier molecular flexibility index (Phi) is 4.54. The summed E-state index contributed by atoms with van der Waals surface area (Å²) in [5.41, 5.74) is -0.214. The van der Waals surface area contributed by atoms with E-state index in [1.165, 1.54) is 0 Å². The van der Waals surface area contributed by atoms with Crippen LogP contribution in [0.3, 0.4) is 0 Å². The fraction of sp³-hybridized carbons (Fsp3) is 0.909. The smallest absolute Gasteiger partial charge is 0.226 e. The summed E-state index contributed by atoms with van der Waals surface area (Å²) in [6, 6.07) is -0.143. The zero-order chi connectivity index (χ0) is 11.3. The third-order valence-electron chi connectivity index (χ3n) is 3.37. The van der Waals surface area contributed by atoms with Gasteiger partial charge >= 0.3 is 0 Å². The van der Waals surface area contributed by atoms with Gasteiger partial charge in [0.2, 0.25) is 5.91 Å². The van der Waals surface area contributed by atoms with E-state index in [0.29, 0.717) is 0 Å². The van der Waals surface area contributed by atoms with E-state index >= 15 is 0 Å². The summed E-state index contributed by atoms with van der Waals surface area (Å²) in [6.45, 7) is 5.71. The van der Waals surface area contributed by atoms with Crippen LogP contribution in [0.2, 0.25) is 0 Å². The maximum atomic E-state index is 12.1. The topological polar surface area (TPSA) is 61.4 Å². The second-order valence-corrected chi connectivity index (χ2v) is 4.44. The van der Waals surface area contributed by atoms with Gasteiger partial charge in [0, 0.05) is 6.04 Å². The first-order chi connectivity index (χ1) is 7.14. The number of amides is 1. The van der Waals surface area contributed by atoms with E-state index in [9.17, 15) is 4.79 Å². The molecule has 0 aromatic carbocycles. The highest BCUT2D eigenvalue weighted by Crippen LogP contribution is 2.32. The van der Waals surface area contributed by atoms with Gasteiger partial charge in [-0.2, -0.15) is 0 Å². The molecule has 1 amide bonds. The lowest BCUT2D eigenvalue weighted by Gasteiger charge is -2.36. The Labute approximate surface area is 91.4 Å². The molecule has 0 aliphatic carbocycles. The molecular weight excluding hydrogens is 192 g/mol. The monoisotopic (exact) mass is 214 g/mol. The van der Waals surface area contributed by atoms with Gasteiger partial charge in [0.05, 0.1) is 12.0 Å². The normalized spacial score (nSPS) is 22.1. The molecule has 1 fully saturated rings. The minimum Gasteiger partial charge on any atom is -0.394 e. The van der Waals surface area contributed by atoms with Crippen molar-refractivity contribution in [3.8, 4) is 0 Å². The Morgan fingerprint density at radius 3 is 2.60 bits per heavy atom. The first-order valence-corrected chi connectivity index (χ1v) is 5.77. The second kappa shape index (κ2) is 5.47. The van der Waals surface area contributed by atoms with Gasteiger partial charge in [-0.15, -0.1) is 0 Å². The molecule has 0 aromatic heterocycles. The van der Waals surface area contributed by atoms with Crippen molar-refractivity contribution in [2.45, 2.75) is 39.2 Å². The number of rotatable bonds is 4. The lowest BCUT2D eigenvalue weighted by atomic mass is 9.75. The fourth-order valence-electron chi connectivity index (χ4n) is 2.07. The minimum absolute atomic E-state index is 0.00375. The van der Waals surface area contributed by atoms with Crippen LogP contribution >= 0.6 is 0 Å². The molecule has 0 spiro atoms. The first kappa shape index (κ1) is 12.5. The van der Waals surface area contributed by atoms with Crippen molar-refractivity contribution in [2.75, 3.05) is 19.7 Å². The van der Waals surface area contributed by atoms with Crippen LogP contribution in [0.5, 0.6) is 0 Å². The molecule has 0 aromatic rings. The summed E-state index contributed by atoms with van der Waals surface area (Å²) in [6.07, 6.45) is 2.67. The molecular formula is C11H22N2O2. The summed E-state index contributed by atoms with van der Waals surface area (Å²) in [4.78, 5) is 12.1. The molecule has 1 rings (SSSR count). The highest BCUT2D eigenvalue weighted by Gasteiger charge is 2.37. The molecule has 88 valence electrons. The number of carbonyl (C=O) groups excluding carboxylic acids is 1. The molecule has 0 unspecified atom stereocenters. The van der Waals surface area contributed by atoms with Gasteiger partial charge in [0.15, 0.2) is 0 Å². The molecule has 1 heterocycles. The Morgan fingerprint density at radius 2 is 2.13 bits per heavy atom. The summed E-state index contributed by atoms with van der Waals surface area (Å²) in [5.74, 6) is 0.105. The van der Waals surface area contributed by atoms with Crippen molar-refractivity contribution < 1.29 is 9.90 Å². The Hall–Kier alpha value is -0.610. The number of aliphatic hydroxyl groups is 1. The highest BCUT2D eigenvalue weighted by atomic mass is 16.3. The summed E-state index contributed by atoms with van der Waals surface area (Å²) in [7, 11) is 0. The number of carbonyl (C=O) groups is 1. The molecule has 0 radical (unpaired) electrons. The van der Waals surface area contributed by atoms with Crippen molar-refractivity contribution in [2.24, 2.45) is 5.41 Å². The molecule has 0 bridgehead atoms. The number of piperidine rings is 1. The third kappa shape index (κ3) is 2.92. The van der Waals surface area contributed by atoms with Gasteiger partial charge in [0.1, 0.15) is 0 Å². The van der Waals surface area contributed by atoms with E-state index in [2.05, 4.69) is 17.6 Å². The van der Waals surface area contributed by atoms with E-state index in [4.69, 9.17) is 5.11 Å². The van der Waals surface area contributed by atoms with E-state index in [-0.39, 0.29) is 24.0 Å². The number of hydrogen-bond donors (Lipinski definition) is 3. The van der Waals surface area contributed by atoms with Crippen LogP contribution in [0.4, 0.5) is 0 Å². The van der Waals surface area contributed by atoms with Crippen molar-refractivity contribution in [3.63, 3.8) is 0 Å². The first-order valence-electron chi connectivity index (χ1n) is 5.77. The van der Waals surface area contributed by atoms with E-state index in [0.717, 1.165) is 32.4 Å². The molecule has 1 aliphatic rings. The average molecular weight is 214 g/mol. The van der Waals surface area contributed by atoms with Crippen LogP contribution in [0.1, 0.15) is 33.1 Å². The van der Waals surface area contributed by atoms with Crippen molar-refractivity contribution in [1.82, 2.24) is 10.6 Å². The predicted octanol–water partition coefficient (Wildman–Crippen LogP) is 0.263. The zero-order valence-corrected chi connectivity index (χ0v) is 9.68. The lowest BCUT2D eigenvalue weighted by Crippen LogP contribution is -2.50. The SMILES string of the molecule is CCC1(C(=O)N[C@@H](C)CO)CCNCC1. The second-order valence-electron chi connectivity index (χ2n) is 4.44. The standard InChI is InChI=1S/C11H22N2O2/c1-3-11(4-6-12-7-5-11)10(15)13-9(2)8-14/h9,12,14H,3-8H2,1-2H3,(H,13,15)/t9-/m0/s1. The fourth-order valence-corrected chi connectivity index (χ4v) is 2.07. The quantitative estimate of drug-likeness (QED) is 0.629. The van der Waals surface area contributed by atoms with Crippen molar-refractivity contribution >= 4 is 5.91 Å².